The molecule has 1 unspecified atom stereocenters. The number of hydrogen-bond acceptors (Lipinski definition) is 5. The lowest BCUT2D eigenvalue weighted by atomic mass is 10.0. The maximum atomic E-state index is 13.0. The van der Waals surface area contributed by atoms with Crippen molar-refractivity contribution < 1.29 is 19.4 Å². The molecule has 1 aromatic heterocycles. The van der Waals surface area contributed by atoms with E-state index in [9.17, 15) is 9.90 Å². The summed E-state index contributed by atoms with van der Waals surface area (Å²) in [7, 11) is 1.53. The average molecular weight is 455 g/mol. The number of aliphatic hydroxyl groups is 1. The summed E-state index contributed by atoms with van der Waals surface area (Å²) in [4.78, 5) is 17.0. The number of carbonyl (C=O) groups is 1. The third kappa shape index (κ3) is 5.60. The molecule has 3 aromatic carbocycles. The van der Waals surface area contributed by atoms with Gasteiger partial charge in [-0.2, -0.15) is 0 Å². The first-order valence-electron chi connectivity index (χ1n) is 10.9. The lowest BCUT2D eigenvalue weighted by molar-refractivity contribution is 0.0913. The molecule has 1 amide bonds. The van der Waals surface area contributed by atoms with Gasteiger partial charge in [0.1, 0.15) is 18.1 Å². The van der Waals surface area contributed by atoms with Crippen LogP contribution in [0.5, 0.6) is 11.5 Å². The SMILES string of the molecule is COc1cc(-c2ccncc2)ccc1C(=O)NC(CO)c1ccc(OCc2ccccc2)cc1. The van der Waals surface area contributed by atoms with Crippen LogP contribution in [0.3, 0.4) is 0 Å². The Labute approximate surface area is 198 Å². The third-order valence-electron chi connectivity index (χ3n) is 5.48. The monoisotopic (exact) mass is 454 g/mol. The van der Waals surface area contributed by atoms with Crippen LogP contribution in [-0.2, 0) is 6.61 Å². The van der Waals surface area contributed by atoms with Crippen LogP contribution < -0.4 is 14.8 Å². The van der Waals surface area contributed by atoms with Gasteiger partial charge in [-0.15, -0.1) is 0 Å². The van der Waals surface area contributed by atoms with E-state index >= 15 is 0 Å². The fourth-order valence-electron chi connectivity index (χ4n) is 3.61. The quantitative estimate of drug-likeness (QED) is 0.380. The van der Waals surface area contributed by atoms with Crippen LogP contribution in [0.15, 0.2) is 97.3 Å². The lowest BCUT2D eigenvalue weighted by Crippen LogP contribution is -2.31. The average Bonchev–Trinajstić information content (AvgIpc) is 2.91. The van der Waals surface area contributed by atoms with Crippen LogP contribution in [-0.4, -0.2) is 29.7 Å². The predicted octanol–water partition coefficient (Wildman–Crippen LogP) is 4.80. The molecule has 34 heavy (non-hydrogen) atoms. The van der Waals surface area contributed by atoms with Crippen molar-refractivity contribution >= 4 is 5.91 Å². The van der Waals surface area contributed by atoms with Gasteiger partial charge in [-0.25, -0.2) is 0 Å². The number of aromatic nitrogens is 1. The number of pyridine rings is 1. The number of carbonyl (C=O) groups excluding carboxylic acids is 1. The minimum Gasteiger partial charge on any atom is -0.496 e. The summed E-state index contributed by atoms with van der Waals surface area (Å²) >= 11 is 0. The van der Waals surface area contributed by atoms with E-state index in [-0.39, 0.29) is 12.5 Å². The highest BCUT2D eigenvalue weighted by Crippen LogP contribution is 2.28. The number of nitrogens with zero attached hydrogens (tertiary/aromatic N) is 1. The highest BCUT2D eigenvalue weighted by molar-refractivity contribution is 5.98. The smallest absolute Gasteiger partial charge is 0.255 e. The van der Waals surface area contributed by atoms with Crippen LogP contribution in [0, 0.1) is 0 Å². The molecule has 0 aliphatic rings. The Morgan fingerprint density at radius 3 is 2.35 bits per heavy atom. The van der Waals surface area contributed by atoms with E-state index in [1.807, 2.05) is 78.9 Å². The van der Waals surface area contributed by atoms with Gasteiger partial charge in [-0.1, -0.05) is 48.5 Å². The number of ether oxygens (including phenoxy) is 2. The Morgan fingerprint density at radius 1 is 0.941 bits per heavy atom. The first-order valence-corrected chi connectivity index (χ1v) is 10.9. The van der Waals surface area contributed by atoms with Crippen molar-refractivity contribution in [3.63, 3.8) is 0 Å². The maximum absolute atomic E-state index is 13.0. The van der Waals surface area contributed by atoms with Crippen molar-refractivity contribution in [3.8, 4) is 22.6 Å². The number of aliphatic hydroxyl groups excluding tert-OH is 1. The minimum atomic E-state index is -0.569. The van der Waals surface area contributed by atoms with Crippen molar-refractivity contribution in [2.75, 3.05) is 13.7 Å². The van der Waals surface area contributed by atoms with Gasteiger partial charge < -0.3 is 19.9 Å². The van der Waals surface area contributed by atoms with E-state index in [0.717, 1.165) is 22.3 Å². The van der Waals surface area contributed by atoms with Crippen molar-refractivity contribution in [1.29, 1.82) is 0 Å². The Morgan fingerprint density at radius 2 is 1.68 bits per heavy atom. The predicted molar refractivity (Wildman–Crippen MR) is 131 cm³/mol. The Bertz CT molecular complexity index is 1210. The van der Waals surface area contributed by atoms with Crippen molar-refractivity contribution in [2.45, 2.75) is 12.6 Å². The van der Waals surface area contributed by atoms with Crippen molar-refractivity contribution in [3.05, 3.63) is 114 Å². The minimum absolute atomic E-state index is 0.243. The zero-order valence-electron chi connectivity index (χ0n) is 18.8. The fraction of sp³-hybridized carbons (Fsp3) is 0.143. The summed E-state index contributed by atoms with van der Waals surface area (Å²) in [6.07, 6.45) is 3.43. The lowest BCUT2D eigenvalue weighted by Gasteiger charge is -2.18. The van der Waals surface area contributed by atoms with Gasteiger partial charge >= 0.3 is 0 Å². The van der Waals surface area contributed by atoms with E-state index < -0.39 is 6.04 Å². The molecule has 6 nitrogen and oxygen atoms in total. The van der Waals surface area contributed by atoms with Crippen LogP contribution >= 0.6 is 0 Å². The Hall–Kier alpha value is -4.16. The number of nitrogens with one attached hydrogen (secondary N) is 1. The molecule has 0 aliphatic heterocycles. The number of benzene rings is 3. The molecule has 0 saturated heterocycles. The number of amides is 1. The van der Waals surface area contributed by atoms with Gasteiger partial charge in [-0.3, -0.25) is 9.78 Å². The summed E-state index contributed by atoms with van der Waals surface area (Å²) in [5.74, 6) is 0.832. The van der Waals surface area contributed by atoms with Gasteiger partial charge in [0.05, 0.1) is 25.3 Å². The summed E-state index contributed by atoms with van der Waals surface area (Å²) in [5, 5.41) is 12.8. The molecular formula is C28H26N2O4. The molecule has 6 heteroatoms. The molecule has 4 aromatic rings. The highest BCUT2D eigenvalue weighted by atomic mass is 16.5. The van der Waals surface area contributed by atoms with E-state index in [4.69, 9.17) is 9.47 Å². The standard InChI is InChI=1S/C28H26N2O4/c1-33-27-17-23(21-13-15-29-16-14-21)9-12-25(27)28(32)30-26(18-31)22-7-10-24(11-8-22)34-19-20-5-3-2-4-6-20/h2-17,26,31H,18-19H2,1H3,(H,30,32). The van der Waals surface area contributed by atoms with Crippen LogP contribution in [0.4, 0.5) is 0 Å². The van der Waals surface area contributed by atoms with E-state index in [2.05, 4.69) is 10.3 Å². The first kappa shape index (κ1) is 23.0. The largest absolute Gasteiger partial charge is 0.496 e. The second-order valence-corrected chi connectivity index (χ2v) is 7.70. The Kier molecular flexibility index (Phi) is 7.53. The second kappa shape index (κ2) is 11.1. The summed E-state index contributed by atoms with van der Waals surface area (Å²) in [6.45, 7) is 0.225. The molecule has 1 atom stereocenters. The van der Waals surface area contributed by atoms with Crippen LogP contribution in [0.1, 0.15) is 27.5 Å². The van der Waals surface area contributed by atoms with Crippen LogP contribution in [0.25, 0.3) is 11.1 Å². The topological polar surface area (TPSA) is 80.7 Å². The van der Waals surface area contributed by atoms with Crippen LogP contribution in [0.2, 0.25) is 0 Å². The maximum Gasteiger partial charge on any atom is 0.255 e. The molecule has 4 rings (SSSR count). The van der Waals surface area contributed by atoms with Gasteiger partial charge in [0.25, 0.3) is 5.91 Å². The van der Waals surface area contributed by atoms with Gasteiger partial charge in [0.15, 0.2) is 0 Å². The first-order chi connectivity index (χ1) is 16.7. The summed E-state index contributed by atoms with van der Waals surface area (Å²) < 4.78 is 11.3. The molecule has 0 bridgehead atoms. The summed E-state index contributed by atoms with van der Waals surface area (Å²) in [5.41, 5.74) is 4.14. The van der Waals surface area contributed by atoms with Gasteiger partial charge in [0, 0.05) is 12.4 Å². The summed E-state index contributed by atoms with van der Waals surface area (Å²) in [6, 6.07) is 25.9. The highest BCUT2D eigenvalue weighted by Gasteiger charge is 2.19. The van der Waals surface area contributed by atoms with E-state index in [1.54, 1.807) is 18.5 Å². The molecule has 2 N–H and O–H groups in total. The number of methoxy groups -OCH3 is 1. The molecule has 0 radical (unpaired) electrons. The van der Waals surface area contributed by atoms with Gasteiger partial charge in [0.2, 0.25) is 0 Å². The molecular weight excluding hydrogens is 428 g/mol. The van der Waals surface area contributed by atoms with E-state index in [0.29, 0.717) is 23.7 Å². The zero-order chi connectivity index (χ0) is 23.8. The zero-order valence-corrected chi connectivity index (χ0v) is 18.8. The second-order valence-electron chi connectivity index (χ2n) is 7.70. The molecule has 1 heterocycles. The number of rotatable bonds is 9. The van der Waals surface area contributed by atoms with Gasteiger partial charge in [-0.05, 0) is 58.7 Å². The molecule has 0 fully saturated rings. The van der Waals surface area contributed by atoms with Crippen molar-refractivity contribution in [1.82, 2.24) is 10.3 Å². The molecule has 0 aliphatic carbocycles. The normalized spacial score (nSPS) is 11.5. The Balaban J connectivity index is 1.44. The number of hydrogen-bond donors (Lipinski definition) is 2. The molecule has 0 spiro atoms. The van der Waals surface area contributed by atoms with E-state index in [1.165, 1.54) is 7.11 Å². The fourth-order valence-corrected chi connectivity index (χ4v) is 3.61. The third-order valence-corrected chi connectivity index (χ3v) is 5.48. The van der Waals surface area contributed by atoms with Crippen molar-refractivity contribution in [2.24, 2.45) is 0 Å². The molecule has 172 valence electrons. The molecule has 0 saturated carbocycles.